The first-order valence-electron chi connectivity index (χ1n) is 5.72. The highest BCUT2D eigenvalue weighted by Gasteiger charge is 2.21. The molecule has 17 heavy (non-hydrogen) atoms. The van der Waals surface area contributed by atoms with E-state index in [1.807, 2.05) is 6.92 Å². The Morgan fingerprint density at radius 1 is 1.35 bits per heavy atom. The van der Waals surface area contributed by atoms with E-state index in [0.717, 1.165) is 23.3 Å². The highest BCUT2D eigenvalue weighted by molar-refractivity contribution is 6.32. The molecule has 1 heterocycles. The van der Waals surface area contributed by atoms with E-state index in [2.05, 4.69) is 0 Å². The number of hydrogen-bond acceptors (Lipinski definition) is 3. The van der Waals surface area contributed by atoms with Crippen LogP contribution < -0.4 is 9.47 Å². The van der Waals surface area contributed by atoms with Gasteiger partial charge in [-0.1, -0.05) is 18.5 Å². The van der Waals surface area contributed by atoms with Crippen LogP contribution in [-0.2, 0) is 17.6 Å². The Morgan fingerprint density at radius 3 is 2.71 bits per heavy atom. The van der Waals surface area contributed by atoms with Gasteiger partial charge in [-0.25, -0.2) is 0 Å². The number of Topliss-reactive ketones (excluding diaryl/α,β-unsaturated/α-hetero) is 1. The van der Waals surface area contributed by atoms with Crippen LogP contribution in [0.4, 0.5) is 0 Å². The predicted octanol–water partition coefficient (Wildman–Crippen LogP) is 2.81. The van der Waals surface area contributed by atoms with Crippen LogP contribution in [0.3, 0.4) is 0 Å². The minimum absolute atomic E-state index is 0.0956. The fraction of sp³-hybridized carbons (Fsp3) is 0.462. The molecule has 0 amide bonds. The smallest absolute Gasteiger partial charge is 0.164 e. The molecule has 0 spiro atoms. The summed E-state index contributed by atoms with van der Waals surface area (Å²) in [5.41, 5.74) is 1.85. The van der Waals surface area contributed by atoms with Crippen molar-refractivity contribution in [2.45, 2.75) is 26.7 Å². The van der Waals surface area contributed by atoms with Crippen molar-refractivity contribution < 1.29 is 14.3 Å². The topological polar surface area (TPSA) is 35.5 Å². The van der Waals surface area contributed by atoms with E-state index in [0.29, 0.717) is 30.4 Å². The summed E-state index contributed by atoms with van der Waals surface area (Å²) in [5, 5.41) is 0.585. The quantitative estimate of drug-likeness (QED) is 0.832. The molecule has 0 saturated carbocycles. The first-order chi connectivity index (χ1) is 8.13. The number of rotatable bonds is 3. The minimum Gasteiger partial charge on any atom is -0.486 e. The number of ketones is 1. The number of fused-ring (bicyclic) bond motifs is 1. The maximum atomic E-state index is 11.3. The van der Waals surface area contributed by atoms with Crippen molar-refractivity contribution in [3.05, 3.63) is 22.2 Å². The van der Waals surface area contributed by atoms with Gasteiger partial charge in [0.15, 0.2) is 11.5 Å². The van der Waals surface area contributed by atoms with Crippen molar-refractivity contribution in [2.24, 2.45) is 0 Å². The van der Waals surface area contributed by atoms with Gasteiger partial charge in [-0.2, -0.15) is 0 Å². The third-order valence-corrected chi connectivity index (χ3v) is 3.11. The molecule has 1 aliphatic rings. The average Bonchev–Trinajstić information content (AvgIpc) is 2.29. The summed E-state index contributed by atoms with van der Waals surface area (Å²) in [6.07, 6.45) is 1.12. The lowest BCUT2D eigenvalue weighted by molar-refractivity contribution is -0.116. The van der Waals surface area contributed by atoms with Crippen molar-refractivity contribution >= 4 is 17.4 Å². The van der Waals surface area contributed by atoms with Crippen LogP contribution in [0.5, 0.6) is 11.5 Å². The predicted molar refractivity (Wildman–Crippen MR) is 66.2 cm³/mol. The minimum atomic E-state index is 0.0956. The normalized spacial score (nSPS) is 13.6. The fourth-order valence-electron chi connectivity index (χ4n) is 2.07. The number of carbonyl (C=O) groups is 1. The highest BCUT2D eigenvalue weighted by atomic mass is 35.5. The van der Waals surface area contributed by atoms with E-state index < -0.39 is 0 Å². The van der Waals surface area contributed by atoms with Gasteiger partial charge in [0.25, 0.3) is 0 Å². The Balaban J connectivity index is 2.54. The van der Waals surface area contributed by atoms with Crippen LogP contribution in [0.1, 0.15) is 25.0 Å². The number of carbonyl (C=O) groups excluding carboxylic acids is 1. The number of ether oxygens (including phenoxy) is 2. The summed E-state index contributed by atoms with van der Waals surface area (Å²) in [6, 6.07) is 1.74. The Hall–Kier alpha value is -1.22. The van der Waals surface area contributed by atoms with Gasteiger partial charge < -0.3 is 9.47 Å². The van der Waals surface area contributed by atoms with Gasteiger partial charge in [0, 0.05) is 23.1 Å². The SMILES string of the molecule is CCc1c(CC(C)=O)c(Cl)cc2c1OCCO2. The van der Waals surface area contributed by atoms with Gasteiger partial charge in [-0.15, -0.1) is 0 Å². The summed E-state index contributed by atoms with van der Waals surface area (Å²) in [4.78, 5) is 11.3. The molecule has 0 aromatic heterocycles. The largest absolute Gasteiger partial charge is 0.486 e. The van der Waals surface area contributed by atoms with E-state index in [-0.39, 0.29) is 5.78 Å². The van der Waals surface area contributed by atoms with Crippen LogP contribution in [0, 0.1) is 0 Å². The van der Waals surface area contributed by atoms with Gasteiger partial charge in [-0.3, -0.25) is 4.79 Å². The molecule has 0 unspecified atom stereocenters. The van der Waals surface area contributed by atoms with Gasteiger partial charge in [0.05, 0.1) is 0 Å². The molecule has 0 aliphatic carbocycles. The molecule has 0 N–H and O–H groups in total. The molecule has 2 rings (SSSR count). The molecule has 0 atom stereocenters. The Kier molecular flexibility index (Phi) is 3.57. The molecular formula is C13H15ClO3. The average molecular weight is 255 g/mol. The number of halogens is 1. The molecular weight excluding hydrogens is 240 g/mol. The zero-order valence-electron chi connectivity index (χ0n) is 10.0. The number of benzene rings is 1. The van der Waals surface area contributed by atoms with Gasteiger partial charge in [-0.05, 0) is 18.9 Å². The van der Waals surface area contributed by atoms with Gasteiger partial charge in [0.1, 0.15) is 19.0 Å². The van der Waals surface area contributed by atoms with E-state index in [4.69, 9.17) is 21.1 Å². The van der Waals surface area contributed by atoms with Gasteiger partial charge in [0.2, 0.25) is 0 Å². The van der Waals surface area contributed by atoms with Crippen molar-refractivity contribution in [1.29, 1.82) is 0 Å². The van der Waals surface area contributed by atoms with E-state index >= 15 is 0 Å². The lowest BCUT2D eigenvalue weighted by atomic mass is 9.98. The second-order valence-electron chi connectivity index (χ2n) is 4.07. The summed E-state index contributed by atoms with van der Waals surface area (Å²) >= 11 is 6.20. The van der Waals surface area contributed by atoms with Crippen molar-refractivity contribution in [3.8, 4) is 11.5 Å². The monoisotopic (exact) mass is 254 g/mol. The molecule has 1 aromatic rings. The lowest BCUT2D eigenvalue weighted by Crippen LogP contribution is -2.18. The van der Waals surface area contributed by atoms with E-state index in [9.17, 15) is 4.79 Å². The zero-order valence-corrected chi connectivity index (χ0v) is 10.8. The maximum absolute atomic E-state index is 11.3. The molecule has 0 saturated heterocycles. The van der Waals surface area contributed by atoms with Gasteiger partial charge >= 0.3 is 0 Å². The highest BCUT2D eigenvalue weighted by Crippen LogP contribution is 2.40. The number of hydrogen-bond donors (Lipinski definition) is 0. The molecule has 4 heteroatoms. The second-order valence-corrected chi connectivity index (χ2v) is 4.48. The third-order valence-electron chi connectivity index (χ3n) is 2.77. The summed E-state index contributed by atoms with van der Waals surface area (Å²) in [5.74, 6) is 1.53. The first-order valence-corrected chi connectivity index (χ1v) is 6.10. The maximum Gasteiger partial charge on any atom is 0.164 e. The molecule has 0 fully saturated rings. The van der Waals surface area contributed by atoms with E-state index in [1.54, 1.807) is 13.0 Å². The Bertz CT molecular complexity index is 454. The molecule has 3 nitrogen and oxygen atoms in total. The molecule has 1 aliphatic heterocycles. The standard InChI is InChI=1S/C13H15ClO3/c1-3-9-10(6-8(2)15)11(14)7-12-13(9)17-5-4-16-12/h7H,3-6H2,1-2H3. The van der Waals surface area contributed by atoms with Crippen molar-refractivity contribution in [3.63, 3.8) is 0 Å². The Morgan fingerprint density at radius 2 is 2.06 bits per heavy atom. The fourth-order valence-corrected chi connectivity index (χ4v) is 2.35. The molecule has 1 aromatic carbocycles. The van der Waals surface area contributed by atoms with Crippen molar-refractivity contribution in [2.75, 3.05) is 13.2 Å². The van der Waals surface area contributed by atoms with Crippen LogP contribution in [0.25, 0.3) is 0 Å². The lowest BCUT2D eigenvalue weighted by Gasteiger charge is -2.23. The summed E-state index contributed by atoms with van der Waals surface area (Å²) < 4.78 is 11.1. The summed E-state index contributed by atoms with van der Waals surface area (Å²) in [7, 11) is 0. The molecule has 0 bridgehead atoms. The van der Waals surface area contributed by atoms with Crippen LogP contribution in [-0.4, -0.2) is 19.0 Å². The first kappa shape index (κ1) is 12.2. The second kappa shape index (κ2) is 4.96. The Labute approximate surface area is 106 Å². The van der Waals surface area contributed by atoms with Crippen LogP contribution >= 0.6 is 11.6 Å². The van der Waals surface area contributed by atoms with Crippen LogP contribution in [0.2, 0.25) is 5.02 Å². The van der Waals surface area contributed by atoms with E-state index in [1.165, 1.54) is 0 Å². The molecule has 92 valence electrons. The zero-order chi connectivity index (χ0) is 12.4. The summed E-state index contributed by atoms with van der Waals surface area (Å²) in [6.45, 7) is 4.67. The molecule has 0 radical (unpaired) electrons. The van der Waals surface area contributed by atoms with Crippen molar-refractivity contribution in [1.82, 2.24) is 0 Å². The third kappa shape index (κ3) is 2.39. The van der Waals surface area contributed by atoms with Crippen LogP contribution in [0.15, 0.2) is 6.07 Å².